The highest BCUT2D eigenvalue weighted by molar-refractivity contribution is 5.45. The van der Waals surface area contributed by atoms with Crippen molar-refractivity contribution in [1.82, 2.24) is 0 Å². The van der Waals surface area contributed by atoms with Crippen molar-refractivity contribution in [2.45, 2.75) is 26.9 Å². The van der Waals surface area contributed by atoms with E-state index in [1.54, 1.807) is 7.11 Å². The topological polar surface area (TPSA) is 45.0 Å². The molecule has 1 rings (SSSR count). The quantitative estimate of drug-likeness (QED) is 0.819. The van der Waals surface area contributed by atoms with E-state index >= 15 is 0 Å². The maximum absolute atomic E-state index is 8.91. The zero-order valence-corrected chi connectivity index (χ0v) is 10.8. The molecule has 0 saturated carbocycles. The lowest BCUT2D eigenvalue weighted by molar-refractivity contribution is 0.185. The molecule has 92 valence electrons. The summed E-state index contributed by atoms with van der Waals surface area (Å²) in [6.07, 6.45) is 0.831. The third-order valence-electron chi connectivity index (χ3n) is 2.62. The number of rotatable bonds is 6. The molecule has 0 bridgehead atoms. The molecular formula is C14H20N2O. The van der Waals surface area contributed by atoms with E-state index in [1.165, 1.54) is 0 Å². The third kappa shape index (κ3) is 4.88. The molecule has 1 aromatic rings. The van der Waals surface area contributed by atoms with Gasteiger partial charge in [0.1, 0.15) is 0 Å². The summed E-state index contributed by atoms with van der Waals surface area (Å²) in [5.41, 5.74) is 1.96. The second-order valence-corrected chi connectivity index (χ2v) is 4.81. The fraction of sp³-hybridized carbons (Fsp3) is 0.500. The summed E-state index contributed by atoms with van der Waals surface area (Å²) in [7, 11) is 1.69. The molecule has 0 aromatic heterocycles. The fourth-order valence-electron chi connectivity index (χ4n) is 1.51. The summed E-state index contributed by atoms with van der Waals surface area (Å²) in [4.78, 5) is 0. The van der Waals surface area contributed by atoms with Crippen LogP contribution in [0.3, 0.4) is 0 Å². The van der Waals surface area contributed by atoms with Gasteiger partial charge in [-0.15, -0.1) is 0 Å². The Hall–Kier alpha value is -1.53. The molecule has 0 aliphatic carbocycles. The molecule has 3 nitrogen and oxygen atoms in total. The smallest absolute Gasteiger partial charge is 0.0713 e. The van der Waals surface area contributed by atoms with E-state index in [4.69, 9.17) is 10.00 Å². The van der Waals surface area contributed by atoms with Crippen molar-refractivity contribution in [3.05, 3.63) is 29.8 Å². The second kappa shape index (κ2) is 6.27. The van der Waals surface area contributed by atoms with Gasteiger partial charge in [-0.25, -0.2) is 0 Å². The second-order valence-electron chi connectivity index (χ2n) is 4.81. The van der Waals surface area contributed by atoms with Gasteiger partial charge in [-0.1, -0.05) is 12.1 Å². The van der Waals surface area contributed by atoms with Crippen LogP contribution in [0, 0.1) is 16.7 Å². The summed E-state index contributed by atoms with van der Waals surface area (Å²) >= 11 is 0. The number of nitriles is 1. The van der Waals surface area contributed by atoms with E-state index in [0.717, 1.165) is 24.2 Å². The molecule has 0 aliphatic heterocycles. The van der Waals surface area contributed by atoms with Gasteiger partial charge in [-0.3, -0.25) is 0 Å². The summed E-state index contributed by atoms with van der Waals surface area (Å²) in [5.74, 6) is 0. The lowest BCUT2D eigenvalue weighted by atomic mass is 9.91. The van der Waals surface area contributed by atoms with Crippen LogP contribution in [-0.2, 0) is 11.3 Å². The number of ether oxygens (including phenoxy) is 1. The van der Waals surface area contributed by atoms with Gasteiger partial charge in [0.2, 0.25) is 0 Å². The molecule has 17 heavy (non-hydrogen) atoms. The fourth-order valence-corrected chi connectivity index (χ4v) is 1.51. The Morgan fingerprint density at radius 3 is 2.82 bits per heavy atom. The maximum atomic E-state index is 8.91. The van der Waals surface area contributed by atoms with Crippen LogP contribution in [0.15, 0.2) is 24.3 Å². The number of anilines is 1. The Morgan fingerprint density at radius 2 is 2.18 bits per heavy atom. The van der Waals surface area contributed by atoms with Gasteiger partial charge in [0, 0.05) is 19.3 Å². The molecule has 1 N–H and O–H groups in total. The molecule has 3 heteroatoms. The Morgan fingerprint density at radius 1 is 1.41 bits per heavy atom. The summed E-state index contributed by atoms with van der Waals surface area (Å²) in [5, 5.41) is 12.2. The summed E-state index contributed by atoms with van der Waals surface area (Å²) < 4.78 is 5.09. The van der Waals surface area contributed by atoms with Crippen LogP contribution in [0.25, 0.3) is 0 Å². The highest BCUT2D eigenvalue weighted by Gasteiger charge is 2.15. The molecule has 0 atom stereocenters. The Balaban J connectivity index is 2.47. The normalized spacial score (nSPS) is 10.9. The number of nitrogens with one attached hydrogen (secondary N) is 1. The average Bonchev–Trinajstić information content (AvgIpc) is 2.30. The minimum atomic E-state index is -0.267. The molecule has 0 saturated heterocycles. The lowest BCUT2D eigenvalue weighted by Gasteiger charge is -2.16. The van der Waals surface area contributed by atoms with Crippen molar-refractivity contribution in [1.29, 1.82) is 5.26 Å². The van der Waals surface area contributed by atoms with E-state index in [9.17, 15) is 0 Å². The SMILES string of the molecule is COCc1cccc(NCCC(C)(C)C#N)c1. The van der Waals surface area contributed by atoms with E-state index in [-0.39, 0.29) is 5.41 Å². The number of benzene rings is 1. The largest absolute Gasteiger partial charge is 0.385 e. The van der Waals surface area contributed by atoms with Crippen molar-refractivity contribution < 1.29 is 4.74 Å². The molecule has 0 unspecified atom stereocenters. The first kappa shape index (κ1) is 13.5. The molecule has 0 amide bonds. The van der Waals surface area contributed by atoms with E-state index in [1.807, 2.05) is 32.0 Å². The first-order chi connectivity index (χ1) is 8.07. The van der Waals surface area contributed by atoms with Crippen LogP contribution < -0.4 is 5.32 Å². The third-order valence-corrected chi connectivity index (χ3v) is 2.62. The monoisotopic (exact) mass is 232 g/mol. The summed E-state index contributed by atoms with van der Waals surface area (Å²) in [6.45, 7) is 5.34. The predicted molar refractivity (Wildman–Crippen MR) is 69.7 cm³/mol. The van der Waals surface area contributed by atoms with E-state index in [0.29, 0.717) is 6.61 Å². The Bertz CT molecular complexity index is 393. The Kier molecular flexibility index (Phi) is 4.99. The molecule has 0 radical (unpaired) electrons. The maximum Gasteiger partial charge on any atom is 0.0713 e. The first-order valence-corrected chi connectivity index (χ1v) is 5.80. The number of hydrogen-bond donors (Lipinski definition) is 1. The van der Waals surface area contributed by atoms with Gasteiger partial charge in [-0.05, 0) is 38.0 Å². The first-order valence-electron chi connectivity index (χ1n) is 5.80. The predicted octanol–water partition coefficient (Wildman–Crippen LogP) is 3.18. The zero-order valence-electron chi connectivity index (χ0n) is 10.8. The number of hydrogen-bond acceptors (Lipinski definition) is 3. The van der Waals surface area contributed by atoms with Gasteiger partial charge < -0.3 is 10.1 Å². The van der Waals surface area contributed by atoms with Crippen molar-refractivity contribution in [3.8, 4) is 6.07 Å². The van der Waals surface area contributed by atoms with Crippen LogP contribution in [0.4, 0.5) is 5.69 Å². The molecule has 0 aliphatic rings. The van der Waals surface area contributed by atoms with Gasteiger partial charge in [-0.2, -0.15) is 5.26 Å². The van der Waals surface area contributed by atoms with Crippen LogP contribution in [-0.4, -0.2) is 13.7 Å². The van der Waals surface area contributed by atoms with Crippen LogP contribution in [0.1, 0.15) is 25.8 Å². The molecular weight excluding hydrogens is 212 g/mol. The van der Waals surface area contributed by atoms with Crippen LogP contribution >= 0.6 is 0 Å². The Labute approximate surface area is 103 Å². The molecule has 1 aromatic carbocycles. The zero-order chi connectivity index (χ0) is 12.7. The van der Waals surface area contributed by atoms with Crippen LogP contribution in [0.5, 0.6) is 0 Å². The van der Waals surface area contributed by atoms with E-state index < -0.39 is 0 Å². The molecule has 0 heterocycles. The molecule has 0 fully saturated rings. The van der Waals surface area contributed by atoms with Crippen molar-refractivity contribution in [2.75, 3.05) is 19.0 Å². The van der Waals surface area contributed by atoms with Crippen molar-refractivity contribution in [3.63, 3.8) is 0 Å². The van der Waals surface area contributed by atoms with Crippen LogP contribution in [0.2, 0.25) is 0 Å². The molecule has 0 spiro atoms. The lowest BCUT2D eigenvalue weighted by Crippen LogP contribution is -2.14. The minimum Gasteiger partial charge on any atom is -0.385 e. The standard InChI is InChI=1S/C14H20N2O/c1-14(2,11-15)7-8-16-13-6-4-5-12(9-13)10-17-3/h4-6,9,16H,7-8,10H2,1-3H3. The van der Waals surface area contributed by atoms with Gasteiger partial charge >= 0.3 is 0 Å². The average molecular weight is 232 g/mol. The van der Waals surface area contributed by atoms with Crippen molar-refractivity contribution >= 4 is 5.69 Å². The highest BCUT2D eigenvalue weighted by atomic mass is 16.5. The minimum absolute atomic E-state index is 0.267. The summed E-state index contributed by atoms with van der Waals surface area (Å²) in [6, 6.07) is 10.4. The van der Waals surface area contributed by atoms with Crippen molar-refractivity contribution in [2.24, 2.45) is 5.41 Å². The number of methoxy groups -OCH3 is 1. The highest BCUT2D eigenvalue weighted by Crippen LogP contribution is 2.19. The van der Waals surface area contributed by atoms with Gasteiger partial charge in [0.15, 0.2) is 0 Å². The number of nitrogens with zero attached hydrogens (tertiary/aromatic N) is 1. The van der Waals surface area contributed by atoms with E-state index in [2.05, 4.69) is 17.5 Å². The van der Waals surface area contributed by atoms with Gasteiger partial charge in [0.05, 0.1) is 18.1 Å². The van der Waals surface area contributed by atoms with Gasteiger partial charge in [0.25, 0.3) is 0 Å².